The van der Waals surface area contributed by atoms with Gasteiger partial charge in [-0.1, -0.05) is 0 Å². The Hall–Kier alpha value is -2.11. The van der Waals surface area contributed by atoms with Crippen LogP contribution in [0.3, 0.4) is 0 Å². The molecule has 18 heavy (non-hydrogen) atoms. The Morgan fingerprint density at radius 1 is 1.50 bits per heavy atom. The largest absolute Gasteiger partial charge is 0.349 e. The minimum Gasteiger partial charge on any atom is -0.349 e. The number of nitrogens with one attached hydrogen (secondary N) is 1. The van der Waals surface area contributed by atoms with Gasteiger partial charge in [0.25, 0.3) is 0 Å². The number of carbonyl (C=O) groups is 1. The lowest BCUT2D eigenvalue weighted by Gasteiger charge is -2.12. The van der Waals surface area contributed by atoms with Crippen molar-refractivity contribution in [3.63, 3.8) is 0 Å². The monoisotopic (exact) mass is 247 g/mol. The fourth-order valence-corrected chi connectivity index (χ4v) is 1.67. The van der Waals surface area contributed by atoms with E-state index in [4.69, 9.17) is 0 Å². The number of aryl methyl sites for hydroxylation is 2. The van der Waals surface area contributed by atoms with E-state index in [0.717, 1.165) is 11.3 Å². The van der Waals surface area contributed by atoms with E-state index in [1.165, 1.54) is 0 Å². The van der Waals surface area contributed by atoms with Crippen LogP contribution in [-0.2, 0) is 18.4 Å². The maximum Gasteiger partial charge on any atom is 0.244 e. The Morgan fingerprint density at radius 2 is 2.28 bits per heavy atom. The number of nitrogens with zero attached hydrogens (tertiary/aromatic N) is 4. The van der Waals surface area contributed by atoms with Gasteiger partial charge in [0.1, 0.15) is 6.04 Å². The summed E-state index contributed by atoms with van der Waals surface area (Å²) in [5, 5.41) is 11.1. The fourth-order valence-electron chi connectivity index (χ4n) is 1.67. The summed E-state index contributed by atoms with van der Waals surface area (Å²) in [6.07, 6.45) is 5.31. The van der Waals surface area contributed by atoms with Crippen LogP contribution >= 0.6 is 0 Å². The third kappa shape index (κ3) is 2.58. The quantitative estimate of drug-likeness (QED) is 0.869. The normalized spacial score (nSPS) is 12.4. The molecule has 1 N–H and O–H groups in total. The molecule has 2 aromatic heterocycles. The molecule has 0 bridgehead atoms. The third-order valence-electron chi connectivity index (χ3n) is 2.87. The Morgan fingerprint density at radius 3 is 2.83 bits per heavy atom. The van der Waals surface area contributed by atoms with Gasteiger partial charge in [0, 0.05) is 19.4 Å². The predicted octanol–water partition coefficient (Wildman–Crippen LogP) is 0.802. The van der Waals surface area contributed by atoms with E-state index < -0.39 is 0 Å². The lowest BCUT2D eigenvalue weighted by Crippen LogP contribution is -2.31. The molecule has 0 saturated carbocycles. The first-order valence-corrected chi connectivity index (χ1v) is 5.83. The molecule has 1 unspecified atom stereocenters. The molecule has 0 spiro atoms. The molecule has 0 aliphatic heterocycles. The van der Waals surface area contributed by atoms with Crippen LogP contribution in [0.25, 0.3) is 0 Å². The Bertz CT molecular complexity index is 542. The first kappa shape index (κ1) is 12.3. The SMILES string of the molecule is Cc1cnn(C(C)C(=O)NCc2ccnn2C)c1. The number of aromatic nitrogens is 4. The van der Waals surface area contributed by atoms with Gasteiger partial charge in [-0.05, 0) is 25.5 Å². The molecule has 2 heterocycles. The summed E-state index contributed by atoms with van der Waals surface area (Å²) in [6.45, 7) is 4.24. The molecule has 96 valence electrons. The number of rotatable bonds is 4. The zero-order chi connectivity index (χ0) is 13.1. The summed E-state index contributed by atoms with van der Waals surface area (Å²) in [5.74, 6) is -0.0562. The van der Waals surface area contributed by atoms with Crippen LogP contribution in [0.2, 0.25) is 0 Å². The minimum atomic E-state index is -0.313. The number of amides is 1. The molecule has 1 amide bonds. The molecule has 0 radical (unpaired) electrons. The van der Waals surface area contributed by atoms with Crippen LogP contribution in [0.4, 0.5) is 0 Å². The van der Waals surface area contributed by atoms with Gasteiger partial charge in [-0.2, -0.15) is 10.2 Å². The number of carbonyl (C=O) groups excluding carboxylic acids is 1. The molecule has 0 aliphatic rings. The zero-order valence-corrected chi connectivity index (χ0v) is 10.8. The maximum absolute atomic E-state index is 12.0. The topological polar surface area (TPSA) is 64.7 Å². The third-order valence-corrected chi connectivity index (χ3v) is 2.87. The van der Waals surface area contributed by atoms with Crippen LogP contribution in [0, 0.1) is 6.92 Å². The molecule has 0 aromatic carbocycles. The molecule has 2 aromatic rings. The Balaban J connectivity index is 1.94. The summed E-state index contributed by atoms with van der Waals surface area (Å²) in [6, 6.07) is 1.56. The molecule has 6 heteroatoms. The summed E-state index contributed by atoms with van der Waals surface area (Å²) >= 11 is 0. The number of hydrogen-bond donors (Lipinski definition) is 1. The Kier molecular flexibility index (Phi) is 3.45. The van der Waals surface area contributed by atoms with Gasteiger partial charge < -0.3 is 5.32 Å². The molecule has 0 saturated heterocycles. The van der Waals surface area contributed by atoms with Gasteiger partial charge in [0.05, 0.1) is 18.4 Å². The van der Waals surface area contributed by atoms with E-state index in [0.29, 0.717) is 6.54 Å². The molecule has 1 atom stereocenters. The van der Waals surface area contributed by atoms with Crippen molar-refractivity contribution >= 4 is 5.91 Å². The van der Waals surface area contributed by atoms with Crippen molar-refractivity contribution in [1.29, 1.82) is 0 Å². The van der Waals surface area contributed by atoms with E-state index in [-0.39, 0.29) is 11.9 Å². The van der Waals surface area contributed by atoms with Crippen molar-refractivity contribution in [3.05, 3.63) is 35.9 Å². The Labute approximate surface area is 106 Å². The minimum absolute atomic E-state index is 0.0562. The fraction of sp³-hybridized carbons (Fsp3) is 0.417. The van der Waals surface area contributed by atoms with Crippen molar-refractivity contribution in [2.75, 3.05) is 0 Å². The molecular weight excluding hydrogens is 230 g/mol. The summed E-state index contributed by atoms with van der Waals surface area (Å²) < 4.78 is 3.40. The highest BCUT2D eigenvalue weighted by atomic mass is 16.2. The molecular formula is C12H17N5O. The van der Waals surface area contributed by atoms with E-state index in [1.807, 2.05) is 33.2 Å². The van der Waals surface area contributed by atoms with E-state index in [9.17, 15) is 4.79 Å². The van der Waals surface area contributed by atoms with Gasteiger partial charge in [0.15, 0.2) is 0 Å². The molecule has 6 nitrogen and oxygen atoms in total. The summed E-state index contributed by atoms with van der Waals surface area (Å²) in [5.41, 5.74) is 2.01. The van der Waals surface area contributed by atoms with Crippen LogP contribution in [0.1, 0.15) is 24.2 Å². The van der Waals surface area contributed by atoms with Crippen molar-refractivity contribution in [2.24, 2.45) is 7.05 Å². The van der Waals surface area contributed by atoms with E-state index in [2.05, 4.69) is 15.5 Å². The average Bonchev–Trinajstić information content (AvgIpc) is 2.94. The maximum atomic E-state index is 12.0. The first-order chi connectivity index (χ1) is 8.58. The van der Waals surface area contributed by atoms with E-state index in [1.54, 1.807) is 21.8 Å². The highest BCUT2D eigenvalue weighted by molar-refractivity contribution is 5.79. The van der Waals surface area contributed by atoms with Crippen LogP contribution < -0.4 is 5.32 Å². The van der Waals surface area contributed by atoms with Gasteiger partial charge in [-0.15, -0.1) is 0 Å². The van der Waals surface area contributed by atoms with Crippen LogP contribution in [-0.4, -0.2) is 25.5 Å². The van der Waals surface area contributed by atoms with Gasteiger partial charge in [-0.25, -0.2) is 0 Å². The summed E-state index contributed by atoms with van der Waals surface area (Å²) in [4.78, 5) is 12.0. The highest BCUT2D eigenvalue weighted by Crippen LogP contribution is 2.06. The van der Waals surface area contributed by atoms with Crippen LogP contribution in [0.5, 0.6) is 0 Å². The smallest absolute Gasteiger partial charge is 0.244 e. The highest BCUT2D eigenvalue weighted by Gasteiger charge is 2.15. The van der Waals surface area contributed by atoms with E-state index >= 15 is 0 Å². The number of hydrogen-bond acceptors (Lipinski definition) is 3. The first-order valence-electron chi connectivity index (χ1n) is 5.83. The lowest BCUT2D eigenvalue weighted by molar-refractivity contribution is -0.124. The molecule has 0 aliphatic carbocycles. The van der Waals surface area contributed by atoms with Crippen LogP contribution in [0.15, 0.2) is 24.7 Å². The van der Waals surface area contributed by atoms with Crippen molar-refractivity contribution in [2.45, 2.75) is 26.4 Å². The average molecular weight is 247 g/mol. The van der Waals surface area contributed by atoms with Gasteiger partial charge >= 0.3 is 0 Å². The zero-order valence-electron chi connectivity index (χ0n) is 10.8. The lowest BCUT2D eigenvalue weighted by atomic mass is 10.3. The second kappa shape index (κ2) is 5.03. The van der Waals surface area contributed by atoms with Crippen molar-refractivity contribution < 1.29 is 4.79 Å². The second-order valence-electron chi connectivity index (χ2n) is 4.34. The molecule has 0 fully saturated rings. The van der Waals surface area contributed by atoms with Crippen molar-refractivity contribution in [3.8, 4) is 0 Å². The van der Waals surface area contributed by atoms with Gasteiger partial charge in [0.2, 0.25) is 5.91 Å². The predicted molar refractivity (Wildman–Crippen MR) is 66.7 cm³/mol. The molecule has 2 rings (SSSR count). The van der Waals surface area contributed by atoms with Crippen molar-refractivity contribution in [1.82, 2.24) is 24.9 Å². The standard InChI is InChI=1S/C12H17N5O/c1-9-6-15-17(8-9)10(2)12(18)13-7-11-4-5-14-16(11)3/h4-6,8,10H,7H2,1-3H3,(H,13,18). The summed E-state index contributed by atoms with van der Waals surface area (Å²) in [7, 11) is 1.85. The van der Waals surface area contributed by atoms with Gasteiger partial charge in [-0.3, -0.25) is 14.2 Å². The second-order valence-corrected chi connectivity index (χ2v) is 4.34.